The first kappa shape index (κ1) is 27.8. The normalized spacial score (nSPS) is 14.0. The number of pyridine rings is 1. The molecule has 0 spiro atoms. The summed E-state index contributed by atoms with van der Waals surface area (Å²) in [5, 5.41) is 20.8. The molecule has 2 aromatic rings. The van der Waals surface area contributed by atoms with Crippen LogP contribution in [-0.4, -0.2) is 81.6 Å². The predicted molar refractivity (Wildman–Crippen MR) is 126 cm³/mol. The third-order valence-corrected chi connectivity index (χ3v) is 5.79. The van der Waals surface area contributed by atoms with E-state index in [1.807, 2.05) is 0 Å². The van der Waals surface area contributed by atoms with Crippen LogP contribution in [0.5, 0.6) is 0 Å². The van der Waals surface area contributed by atoms with Gasteiger partial charge < -0.3 is 20.2 Å². The van der Waals surface area contributed by atoms with E-state index in [4.69, 9.17) is 11.3 Å². The Morgan fingerprint density at radius 3 is 2.65 bits per heavy atom. The highest BCUT2D eigenvalue weighted by Crippen LogP contribution is 2.25. The summed E-state index contributed by atoms with van der Waals surface area (Å²) in [5.41, 5.74) is 0.745. The number of amidine groups is 1. The van der Waals surface area contributed by atoms with Gasteiger partial charge >= 0.3 is 12.2 Å². The van der Waals surface area contributed by atoms with Crippen LogP contribution in [0.15, 0.2) is 30.3 Å². The topological polar surface area (TPSA) is 139 Å². The number of aromatic nitrogens is 1. The molecule has 1 atom stereocenters. The molecule has 1 aliphatic heterocycles. The Balaban J connectivity index is 1.76. The van der Waals surface area contributed by atoms with Crippen molar-refractivity contribution in [2.45, 2.75) is 32.1 Å². The molecule has 3 rings (SSSR count). The molecule has 200 valence electrons. The molecule has 0 bridgehead atoms. The van der Waals surface area contributed by atoms with Crippen LogP contribution >= 0.6 is 0 Å². The van der Waals surface area contributed by atoms with E-state index in [1.54, 1.807) is 6.92 Å². The van der Waals surface area contributed by atoms with E-state index in [0.717, 1.165) is 12.1 Å². The fourth-order valence-electron chi connectivity index (χ4n) is 3.76. The average molecular weight is 526 g/mol. The molecule has 0 radical (unpaired) electrons. The van der Waals surface area contributed by atoms with Crippen LogP contribution in [0.4, 0.5) is 28.2 Å². The number of carbonyl (C=O) groups is 2. The summed E-state index contributed by atoms with van der Waals surface area (Å²) in [6.07, 6.45) is -4.33. The second-order valence-corrected chi connectivity index (χ2v) is 8.68. The predicted octanol–water partition coefficient (Wildman–Crippen LogP) is 2.33. The Labute approximate surface area is 210 Å². The molecule has 1 aliphatic rings. The number of halogens is 4. The van der Waals surface area contributed by atoms with Crippen molar-refractivity contribution in [3.05, 3.63) is 58.5 Å². The van der Waals surface area contributed by atoms with E-state index in [9.17, 15) is 32.3 Å². The lowest BCUT2D eigenvalue weighted by Gasteiger charge is -2.33. The van der Waals surface area contributed by atoms with E-state index in [2.05, 4.69) is 10.3 Å². The molecule has 0 fully saturated rings. The summed E-state index contributed by atoms with van der Waals surface area (Å²) in [4.78, 5) is 31.2. The number of fused-ring (bicyclic) bond motifs is 1. The van der Waals surface area contributed by atoms with Gasteiger partial charge in [0.05, 0.1) is 18.2 Å². The molecule has 3 amide bonds. The first-order valence-corrected chi connectivity index (χ1v) is 11.2. The van der Waals surface area contributed by atoms with Crippen LogP contribution in [0.2, 0.25) is 0 Å². The van der Waals surface area contributed by atoms with Crippen molar-refractivity contribution in [1.82, 2.24) is 19.8 Å². The summed E-state index contributed by atoms with van der Waals surface area (Å²) in [7, 11) is 1.05. The minimum atomic E-state index is -4.55. The monoisotopic (exact) mass is 525 g/mol. The quantitative estimate of drug-likeness (QED) is 0.150. The lowest BCUT2D eigenvalue weighted by Crippen LogP contribution is -2.46. The zero-order valence-electron chi connectivity index (χ0n) is 20.1. The number of hydrogen-bond acceptors (Lipinski definition) is 6. The van der Waals surface area contributed by atoms with Crippen molar-refractivity contribution in [2.24, 2.45) is 5.84 Å². The van der Waals surface area contributed by atoms with Crippen molar-refractivity contribution in [1.29, 1.82) is 5.41 Å². The first-order chi connectivity index (χ1) is 17.3. The number of benzene rings is 1. The number of aliphatic hydroxyl groups is 1. The third-order valence-electron chi connectivity index (χ3n) is 5.79. The Morgan fingerprint density at radius 2 is 2.00 bits per heavy atom. The average Bonchev–Trinajstić information content (AvgIpc) is 2.85. The van der Waals surface area contributed by atoms with Crippen LogP contribution in [-0.2, 0) is 13.0 Å². The van der Waals surface area contributed by atoms with Crippen LogP contribution in [0.3, 0.4) is 0 Å². The number of urea groups is 1. The maximum Gasteiger partial charge on any atom is 0.406 e. The van der Waals surface area contributed by atoms with Crippen molar-refractivity contribution in [3.8, 4) is 0 Å². The fraction of sp³-hybridized carbons (Fsp3) is 0.391. The van der Waals surface area contributed by atoms with E-state index in [-0.39, 0.29) is 49.0 Å². The highest BCUT2D eigenvalue weighted by atomic mass is 19.4. The minimum Gasteiger partial charge on any atom is -0.394 e. The first-order valence-electron chi connectivity index (χ1n) is 11.2. The standard InChI is InChI=1S/C23H27F4N7O3/c1-13(11-35)34(29)20(28)18-4-3-5-19(30-18)31-21(36)16-8-15-10-33(7-6-14(15)9-17(16)24)22(37)32(2)12-23(25,26)27/h3-5,8-9,13,28,35H,6-7,10-12,29H2,1-2H3,(H,30,31,36). The number of hydrazine groups is 1. The Morgan fingerprint density at radius 1 is 1.30 bits per heavy atom. The van der Waals surface area contributed by atoms with E-state index < -0.39 is 36.5 Å². The van der Waals surface area contributed by atoms with E-state index in [0.29, 0.717) is 16.0 Å². The fourth-order valence-corrected chi connectivity index (χ4v) is 3.76. The lowest BCUT2D eigenvalue weighted by molar-refractivity contribution is -0.138. The molecule has 1 aromatic carbocycles. The number of hydrogen-bond donors (Lipinski definition) is 4. The van der Waals surface area contributed by atoms with E-state index >= 15 is 0 Å². The number of aliphatic hydroxyl groups excluding tert-OH is 1. The number of carbonyl (C=O) groups excluding carboxylic acids is 2. The number of rotatable bonds is 6. The van der Waals surface area contributed by atoms with Gasteiger partial charge in [-0.25, -0.2) is 20.0 Å². The summed E-state index contributed by atoms with van der Waals surface area (Å²) < 4.78 is 52.8. The zero-order chi connectivity index (χ0) is 27.5. The molecule has 0 saturated heterocycles. The Bertz CT molecular complexity index is 1190. The van der Waals surface area contributed by atoms with Crippen LogP contribution in [0.25, 0.3) is 0 Å². The van der Waals surface area contributed by atoms with Crippen molar-refractivity contribution < 1.29 is 32.3 Å². The van der Waals surface area contributed by atoms with Gasteiger partial charge in [-0.2, -0.15) is 13.2 Å². The molecular formula is C23H27F4N7O3. The number of amides is 3. The molecule has 2 heterocycles. The Kier molecular flexibility index (Phi) is 8.33. The molecule has 5 N–H and O–H groups in total. The van der Waals surface area contributed by atoms with Crippen molar-refractivity contribution >= 4 is 23.6 Å². The maximum atomic E-state index is 14.8. The summed E-state index contributed by atoms with van der Waals surface area (Å²) in [6, 6.07) is 5.46. The second-order valence-electron chi connectivity index (χ2n) is 8.68. The van der Waals surface area contributed by atoms with Crippen LogP contribution < -0.4 is 11.2 Å². The molecule has 14 heteroatoms. The highest BCUT2D eigenvalue weighted by Gasteiger charge is 2.34. The molecule has 10 nitrogen and oxygen atoms in total. The minimum absolute atomic E-state index is 0.0139. The van der Waals surface area contributed by atoms with Gasteiger partial charge in [-0.05, 0) is 48.7 Å². The van der Waals surface area contributed by atoms with Gasteiger partial charge in [-0.15, -0.1) is 0 Å². The van der Waals surface area contributed by atoms with Gasteiger partial charge in [0, 0.05) is 20.1 Å². The smallest absolute Gasteiger partial charge is 0.394 e. The van der Waals surface area contributed by atoms with Gasteiger partial charge in [0.15, 0.2) is 5.84 Å². The molecule has 1 unspecified atom stereocenters. The molecular weight excluding hydrogens is 498 g/mol. The van der Waals surface area contributed by atoms with Crippen molar-refractivity contribution in [2.75, 3.05) is 32.1 Å². The number of nitrogens with one attached hydrogen (secondary N) is 2. The van der Waals surface area contributed by atoms with Gasteiger partial charge in [0.1, 0.15) is 23.9 Å². The largest absolute Gasteiger partial charge is 0.406 e. The van der Waals surface area contributed by atoms with Crippen molar-refractivity contribution in [3.63, 3.8) is 0 Å². The third kappa shape index (κ3) is 6.71. The number of nitrogens with zero attached hydrogens (tertiary/aromatic N) is 4. The zero-order valence-corrected chi connectivity index (χ0v) is 20.1. The lowest BCUT2D eigenvalue weighted by atomic mass is 9.96. The highest BCUT2D eigenvalue weighted by molar-refractivity contribution is 6.04. The maximum absolute atomic E-state index is 14.8. The summed E-state index contributed by atoms with van der Waals surface area (Å²) in [6.45, 7) is -0.0841. The summed E-state index contributed by atoms with van der Waals surface area (Å²) in [5.74, 6) is 3.95. The van der Waals surface area contributed by atoms with E-state index in [1.165, 1.54) is 35.2 Å². The van der Waals surface area contributed by atoms with Gasteiger partial charge in [0.2, 0.25) is 0 Å². The second kappa shape index (κ2) is 11.1. The van der Waals surface area contributed by atoms with Gasteiger partial charge in [-0.3, -0.25) is 15.2 Å². The Hall–Kier alpha value is -3.78. The van der Waals surface area contributed by atoms with Gasteiger partial charge in [0.25, 0.3) is 5.91 Å². The van der Waals surface area contributed by atoms with Crippen LogP contribution in [0, 0.1) is 11.2 Å². The number of alkyl halides is 3. The van der Waals surface area contributed by atoms with Gasteiger partial charge in [-0.1, -0.05) is 6.07 Å². The summed E-state index contributed by atoms with van der Waals surface area (Å²) >= 11 is 0. The molecule has 0 aliphatic carbocycles. The molecule has 37 heavy (non-hydrogen) atoms. The molecule has 1 aromatic heterocycles. The number of anilines is 1. The SMILES string of the molecule is CC(CO)N(N)C(=N)c1cccc(NC(=O)c2cc3c(cc2F)CCN(C(=O)N(C)CC(F)(F)F)C3)n1. The number of nitrogens with two attached hydrogens (primary N) is 1. The molecule has 0 saturated carbocycles. The van der Waals surface area contributed by atoms with Crippen LogP contribution in [0.1, 0.15) is 34.1 Å².